The first kappa shape index (κ1) is 18.4. The summed E-state index contributed by atoms with van der Waals surface area (Å²) >= 11 is 0. The summed E-state index contributed by atoms with van der Waals surface area (Å²) in [6, 6.07) is 14.4. The fourth-order valence-electron chi connectivity index (χ4n) is 2.35. The largest absolute Gasteiger partial charge is 0.418 e. The van der Waals surface area contributed by atoms with Crippen molar-refractivity contribution in [2.45, 2.75) is 12.7 Å². The van der Waals surface area contributed by atoms with Crippen LogP contribution in [0.4, 0.5) is 24.8 Å². The zero-order valence-electron chi connectivity index (χ0n) is 14.0. The van der Waals surface area contributed by atoms with Gasteiger partial charge in [-0.2, -0.15) is 13.2 Å². The first-order chi connectivity index (χ1) is 12.9. The molecule has 5 nitrogen and oxygen atoms in total. The van der Waals surface area contributed by atoms with Gasteiger partial charge in [-0.15, -0.1) is 0 Å². The van der Waals surface area contributed by atoms with Gasteiger partial charge in [-0.1, -0.05) is 42.5 Å². The molecule has 0 fully saturated rings. The second-order valence-electron chi connectivity index (χ2n) is 5.63. The molecule has 0 saturated heterocycles. The summed E-state index contributed by atoms with van der Waals surface area (Å²) in [5.41, 5.74) is -0.148. The Kier molecular flexibility index (Phi) is 5.35. The normalized spacial score (nSPS) is 11.1. The molecule has 3 aromatic rings. The van der Waals surface area contributed by atoms with Crippen LogP contribution in [-0.4, -0.2) is 15.9 Å². The minimum atomic E-state index is -4.56. The Morgan fingerprint density at radius 2 is 1.56 bits per heavy atom. The summed E-state index contributed by atoms with van der Waals surface area (Å²) in [5.74, 6) is -0.410. The van der Waals surface area contributed by atoms with E-state index in [1.165, 1.54) is 30.6 Å². The lowest BCUT2D eigenvalue weighted by atomic mass is 10.1. The maximum absolute atomic E-state index is 13.0. The number of benzene rings is 2. The molecule has 27 heavy (non-hydrogen) atoms. The molecule has 1 amide bonds. The Hall–Kier alpha value is -3.42. The number of carbonyl (C=O) groups excluding carboxylic acids is 1. The van der Waals surface area contributed by atoms with Crippen LogP contribution in [0.15, 0.2) is 67.0 Å². The number of anilines is 2. The van der Waals surface area contributed by atoms with Gasteiger partial charge < -0.3 is 10.6 Å². The van der Waals surface area contributed by atoms with Crippen molar-refractivity contribution in [1.29, 1.82) is 0 Å². The minimum Gasteiger partial charge on any atom is -0.350 e. The molecule has 0 radical (unpaired) electrons. The van der Waals surface area contributed by atoms with E-state index in [1.807, 2.05) is 30.3 Å². The predicted octanol–water partition coefficient (Wildman–Crippen LogP) is 4.36. The van der Waals surface area contributed by atoms with E-state index >= 15 is 0 Å². The highest BCUT2D eigenvalue weighted by molar-refractivity contribution is 6.04. The van der Waals surface area contributed by atoms with E-state index in [9.17, 15) is 18.0 Å². The molecule has 2 aromatic carbocycles. The number of para-hydroxylation sites is 1. The molecule has 8 heteroatoms. The molecule has 0 unspecified atom stereocenters. The molecule has 0 aliphatic rings. The summed E-state index contributed by atoms with van der Waals surface area (Å²) in [4.78, 5) is 20.2. The molecule has 0 atom stereocenters. The minimum absolute atomic E-state index is 0.0530. The molecule has 0 saturated carbocycles. The van der Waals surface area contributed by atoms with Crippen LogP contribution in [-0.2, 0) is 12.7 Å². The Labute approximate surface area is 153 Å². The van der Waals surface area contributed by atoms with E-state index in [2.05, 4.69) is 20.6 Å². The Bertz CT molecular complexity index is 912. The van der Waals surface area contributed by atoms with Crippen LogP contribution in [0.2, 0.25) is 0 Å². The first-order valence-corrected chi connectivity index (χ1v) is 8.01. The predicted molar refractivity (Wildman–Crippen MR) is 95.2 cm³/mol. The smallest absolute Gasteiger partial charge is 0.350 e. The van der Waals surface area contributed by atoms with Crippen molar-refractivity contribution in [1.82, 2.24) is 9.97 Å². The van der Waals surface area contributed by atoms with Crippen molar-refractivity contribution in [3.8, 4) is 0 Å². The van der Waals surface area contributed by atoms with Gasteiger partial charge in [0.2, 0.25) is 5.95 Å². The second kappa shape index (κ2) is 7.86. The van der Waals surface area contributed by atoms with Gasteiger partial charge >= 0.3 is 6.18 Å². The number of halogens is 3. The molecule has 2 N–H and O–H groups in total. The number of amides is 1. The van der Waals surface area contributed by atoms with Crippen molar-refractivity contribution in [3.05, 3.63) is 83.7 Å². The highest BCUT2D eigenvalue weighted by Crippen LogP contribution is 2.34. The second-order valence-corrected chi connectivity index (χ2v) is 5.63. The topological polar surface area (TPSA) is 66.9 Å². The molecule has 3 rings (SSSR count). The maximum Gasteiger partial charge on any atom is 0.418 e. The van der Waals surface area contributed by atoms with Crippen molar-refractivity contribution in [2.75, 3.05) is 10.6 Å². The highest BCUT2D eigenvalue weighted by atomic mass is 19.4. The zero-order chi connectivity index (χ0) is 19.3. The molecule has 138 valence electrons. The number of rotatable bonds is 5. The van der Waals surface area contributed by atoms with Gasteiger partial charge in [-0.25, -0.2) is 9.97 Å². The van der Waals surface area contributed by atoms with Crippen molar-refractivity contribution >= 4 is 17.5 Å². The number of alkyl halides is 3. The van der Waals surface area contributed by atoms with Gasteiger partial charge in [0.1, 0.15) is 0 Å². The van der Waals surface area contributed by atoms with Crippen LogP contribution in [0, 0.1) is 0 Å². The fourth-order valence-corrected chi connectivity index (χ4v) is 2.35. The quantitative estimate of drug-likeness (QED) is 0.698. The van der Waals surface area contributed by atoms with E-state index in [1.54, 1.807) is 0 Å². The number of nitrogens with zero attached hydrogens (tertiary/aromatic N) is 2. The number of hydrogen-bond donors (Lipinski definition) is 2. The lowest BCUT2D eigenvalue weighted by molar-refractivity contribution is -0.136. The average molecular weight is 372 g/mol. The van der Waals surface area contributed by atoms with Crippen molar-refractivity contribution in [2.24, 2.45) is 0 Å². The van der Waals surface area contributed by atoms with Crippen LogP contribution in [0.5, 0.6) is 0 Å². The molecule has 0 bridgehead atoms. The lowest BCUT2D eigenvalue weighted by Crippen LogP contribution is -2.17. The van der Waals surface area contributed by atoms with E-state index in [0.717, 1.165) is 11.6 Å². The van der Waals surface area contributed by atoms with E-state index in [0.29, 0.717) is 12.5 Å². The third-order valence-electron chi connectivity index (χ3n) is 3.69. The van der Waals surface area contributed by atoms with E-state index < -0.39 is 17.6 Å². The summed E-state index contributed by atoms with van der Waals surface area (Å²) in [6.45, 7) is 0.505. The van der Waals surface area contributed by atoms with Crippen LogP contribution in [0.1, 0.15) is 21.5 Å². The van der Waals surface area contributed by atoms with Gasteiger partial charge in [0.05, 0.1) is 16.8 Å². The Morgan fingerprint density at radius 3 is 2.22 bits per heavy atom. The van der Waals surface area contributed by atoms with Gasteiger partial charge in [0.15, 0.2) is 0 Å². The van der Waals surface area contributed by atoms with Crippen LogP contribution in [0.3, 0.4) is 0 Å². The third-order valence-corrected chi connectivity index (χ3v) is 3.69. The molecular formula is C19H15F3N4O. The van der Waals surface area contributed by atoms with Crippen molar-refractivity contribution in [3.63, 3.8) is 0 Å². The molecular weight excluding hydrogens is 357 g/mol. The van der Waals surface area contributed by atoms with Gasteiger partial charge in [-0.3, -0.25) is 4.79 Å². The van der Waals surface area contributed by atoms with Crippen molar-refractivity contribution < 1.29 is 18.0 Å². The fraction of sp³-hybridized carbons (Fsp3) is 0.105. The molecule has 0 aliphatic heterocycles. The maximum atomic E-state index is 13.0. The Morgan fingerprint density at radius 1 is 0.926 bits per heavy atom. The van der Waals surface area contributed by atoms with Crippen LogP contribution >= 0.6 is 0 Å². The Balaban J connectivity index is 1.66. The molecule has 1 aromatic heterocycles. The summed E-state index contributed by atoms with van der Waals surface area (Å²) < 4.78 is 39.0. The monoisotopic (exact) mass is 372 g/mol. The highest BCUT2D eigenvalue weighted by Gasteiger charge is 2.33. The standard InChI is InChI=1S/C19H15F3N4O/c20-19(21,22)15-8-4-5-9-16(15)26-17(27)14-11-24-18(25-12-14)23-10-13-6-2-1-3-7-13/h1-9,11-12H,10H2,(H,26,27)(H,23,24,25). The molecule has 0 aliphatic carbocycles. The van der Waals surface area contributed by atoms with E-state index in [-0.39, 0.29) is 11.3 Å². The van der Waals surface area contributed by atoms with Gasteiger partial charge in [-0.05, 0) is 17.7 Å². The van der Waals surface area contributed by atoms with E-state index in [4.69, 9.17) is 0 Å². The zero-order valence-corrected chi connectivity index (χ0v) is 14.0. The SMILES string of the molecule is O=C(Nc1ccccc1C(F)(F)F)c1cnc(NCc2ccccc2)nc1. The molecule has 1 heterocycles. The van der Waals surface area contributed by atoms with Crippen LogP contribution < -0.4 is 10.6 Å². The average Bonchev–Trinajstić information content (AvgIpc) is 2.67. The van der Waals surface area contributed by atoms with Crippen LogP contribution in [0.25, 0.3) is 0 Å². The summed E-state index contributed by atoms with van der Waals surface area (Å²) in [6.07, 6.45) is -2.05. The van der Waals surface area contributed by atoms with Gasteiger partial charge in [0.25, 0.3) is 5.91 Å². The number of nitrogens with one attached hydrogen (secondary N) is 2. The lowest BCUT2D eigenvalue weighted by Gasteiger charge is -2.13. The first-order valence-electron chi connectivity index (χ1n) is 8.01. The number of hydrogen-bond acceptors (Lipinski definition) is 4. The third kappa shape index (κ3) is 4.81. The number of aromatic nitrogens is 2. The number of carbonyl (C=O) groups is 1. The van der Waals surface area contributed by atoms with Gasteiger partial charge in [0, 0.05) is 18.9 Å². The summed E-state index contributed by atoms with van der Waals surface area (Å²) in [7, 11) is 0. The molecule has 0 spiro atoms. The summed E-state index contributed by atoms with van der Waals surface area (Å²) in [5, 5.41) is 5.25.